The lowest BCUT2D eigenvalue weighted by atomic mass is 9.92. The Bertz CT molecular complexity index is 1650. The lowest BCUT2D eigenvalue weighted by Gasteiger charge is -2.37. The van der Waals surface area contributed by atoms with Crippen LogP contribution in [-0.2, 0) is 49.8 Å². The van der Waals surface area contributed by atoms with Gasteiger partial charge in [0.15, 0.2) is 5.96 Å². The van der Waals surface area contributed by atoms with Crippen LogP contribution in [0, 0.1) is 8.98 Å². The maximum absolute atomic E-state index is 14.3. The zero-order valence-electron chi connectivity index (χ0n) is 27.0. The van der Waals surface area contributed by atoms with Crippen molar-refractivity contribution in [1.82, 2.24) is 36.1 Å². The smallest absolute Gasteiger partial charge is 0.246 e. The number of nitrogens with zero attached hydrogens (tertiary/aromatic N) is 2. The minimum absolute atomic E-state index is 0.0878. The minimum Gasteiger partial charge on any atom is -0.370 e. The molecule has 4 atom stereocenters. The van der Waals surface area contributed by atoms with Gasteiger partial charge in [0.2, 0.25) is 29.5 Å². The average Bonchev–Trinajstić information content (AvgIpc) is 3.58. The van der Waals surface area contributed by atoms with Crippen LogP contribution in [0.3, 0.4) is 0 Å². The molecule has 1 aromatic heterocycles. The van der Waals surface area contributed by atoms with Gasteiger partial charge < -0.3 is 42.6 Å². The van der Waals surface area contributed by atoms with Gasteiger partial charge in [0.25, 0.3) is 0 Å². The fourth-order valence-corrected chi connectivity index (χ4v) is 6.04. The van der Waals surface area contributed by atoms with Crippen LogP contribution < -0.4 is 32.7 Å². The van der Waals surface area contributed by atoms with Crippen LogP contribution in [0.4, 0.5) is 0 Å². The SMILES string of the molecule is CC(=O)N[C@@H](Cc1cnc[nH]1)C(=O)N[C@@H](CCCNC(=N)N)C(=O)N[C@H](Cc1ccc(I)cc1)C(=O)N1Cc2ccccc2C[C@H]1C(N)=O. The van der Waals surface area contributed by atoms with Crippen molar-refractivity contribution < 1.29 is 24.0 Å². The number of halogens is 1. The summed E-state index contributed by atoms with van der Waals surface area (Å²) in [7, 11) is 0. The van der Waals surface area contributed by atoms with Crippen molar-refractivity contribution in [1.29, 1.82) is 5.41 Å². The third-order valence-corrected chi connectivity index (χ3v) is 8.84. The summed E-state index contributed by atoms with van der Waals surface area (Å²) < 4.78 is 0.987. The summed E-state index contributed by atoms with van der Waals surface area (Å²) >= 11 is 2.17. The van der Waals surface area contributed by atoms with Gasteiger partial charge in [-0.25, -0.2) is 4.98 Å². The molecule has 1 aliphatic rings. The van der Waals surface area contributed by atoms with Gasteiger partial charge in [-0.05, 0) is 64.3 Å². The number of hydrogen-bond donors (Lipinski definition) is 8. The molecule has 3 aromatic rings. The number of carbonyl (C=O) groups is 5. The molecular weight excluding hydrogens is 743 g/mol. The first-order valence-corrected chi connectivity index (χ1v) is 16.8. The summed E-state index contributed by atoms with van der Waals surface area (Å²) in [6.07, 6.45) is 3.84. The highest BCUT2D eigenvalue weighted by molar-refractivity contribution is 14.1. The topological polar surface area (TPSA) is 241 Å². The maximum Gasteiger partial charge on any atom is 0.246 e. The van der Waals surface area contributed by atoms with E-state index in [0.717, 1.165) is 20.3 Å². The summed E-state index contributed by atoms with van der Waals surface area (Å²) in [4.78, 5) is 74.8. The number of nitrogens with one attached hydrogen (secondary N) is 6. The largest absolute Gasteiger partial charge is 0.370 e. The molecule has 16 heteroatoms. The molecular formula is C33H41IN10O5. The van der Waals surface area contributed by atoms with E-state index in [0.29, 0.717) is 12.1 Å². The van der Waals surface area contributed by atoms with E-state index in [9.17, 15) is 24.0 Å². The number of primary amides is 1. The molecule has 10 N–H and O–H groups in total. The van der Waals surface area contributed by atoms with Gasteiger partial charge in [-0.15, -0.1) is 0 Å². The Morgan fingerprint density at radius 1 is 0.959 bits per heavy atom. The van der Waals surface area contributed by atoms with Crippen LogP contribution in [0.1, 0.15) is 42.1 Å². The second kappa shape index (κ2) is 17.4. The highest BCUT2D eigenvalue weighted by Gasteiger charge is 2.38. The molecule has 0 bridgehead atoms. The fraction of sp³-hybridized carbons (Fsp3) is 0.364. The molecule has 1 aliphatic heterocycles. The Morgan fingerprint density at radius 3 is 2.27 bits per heavy atom. The highest BCUT2D eigenvalue weighted by Crippen LogP contribution is 2.25. The molecule has 4 rings (SSSR count). The predicted molar refractivity (Wildman–Crippen MR) is 189 cm³/mol. The molecule has 0 saturated carbocycles. The third-order valence-electron chi connectivity index (χ3n) is 8.12. The highest BCUT2D eigenvalue weighted by atomic mass is 127. The van der Waals surface area contributed by atoms with Crippen LogP contribution in [0.2, 0.25) is 0 Å². The molecule has 0 aliphatic carbocycles. The normalized spacial score (nSPS) is 15.6. The fourth-order valence-electron chi connectivity index (χ4n) is 5.68. The van der Waals surface area contributed by atoms with Gasteiger partial charge in [0.1, 0.15) is 24.2 Å². The van der Waals surface area contributed by atoms with Gasteiger partial charge in [0, 0.05) is 54.7 Å². The number of hydrogen-bond acceptors (Lipinski definition) is 7. The van der Waals surface area contributed by atoms with E-state index < -0.39 is 53.7 Å². The Labute approximate surface area is 297 Å². The van der Waals surface area contributed by atoms with E-state index in [1.807, 2.05) is 48.5 Å². The zero-order chi connectivity index (χ0) is 35.5. The molecule has 5 amide bonds. The van der Waals surface area contributed by atoms with Crippen molar-refractivity contribution in [3.05, 3.63) is 87.0 Å². The number of aromatic amines is 1. The first-order valence-electron chi connectivity index (χ1n) is 15.7. The van der Waals surface area contributed by atoms with Gasteiger partial charge >= 0.3 is 0 Å². The lowest BCUT2D eigenvalue weighted by molar-refractivity contribution is -0.144. The molecule has 0 saturated heterocycles. The van der Waals surface area contributed by atoms with Crippen molar-refractivity contribution in [2.45, 2.75) is 69.7 Å². The van der Waals surface area contributed by atoms with Crippen LogP contribution in [0.5, 0.6) is 0 Å². The van der Waals surface area contributed by atoms with Gasteiger partial charge in [0.05, 0.1) is 6.33 Å². The number of guanidine groups is 1. The molecule has 2 aromatic carbocycles. The maximum atomic E-state index is 14.3. The molecule has 2 heterocycles. The van der Waals surface area contributed by atoms with E-state index >= 15 is 0 Å². The standard InChI is InChI=1S/C33H41IN10O5/c1-19(45)41-26(15-24-16-38-18-40-24)31(48)42-25(7-4-12-39-33(36)37)30(47)43-27(13-20-8-10-23(34)11-9-20)32(49)44-17-22-6-3-2-5-21(22)14-28(44)29(35)46/h2-3,5-6,8-11,16,18,25-28H,4,7,12-15,17H2,1H3,(H2,35,46)(H,38,40)(H,41,45)(H,42,48)(H,43,47)(H4,36,37,39)/t25-,26-,27+,28-/m0/s1. The molecule has 0 spiro atoms. The summed E-state index contributed by atoms with van der Waals surface area (Å²) in [6.45, 7) is 1.66. The summed E-state index contributed by atoms with van der Waals surface area (Å²) in [6, 6.07) is 10.8. The quantitative estimate of drug-likeness (QED) is 0.0450. The van der Waals surface area contributed by atoms with E-state index in [-0.39, 0.29) is 44.7 Å². The average molecular weight is 785 g/mol. The molecule has 0 radical (unpaired) electrons. The lowest BCUT2D eigenvalue weighted by Crippen LogP contribution is -2.60. The van der Waals surface area contributed by atoms with Crippen molar-refractivity contribution in [3.8, 4) is 0 Å². The Morgan fingerprint density at radius 2 is 1.63 bits per heavy atom. The number of nitrogens with two attached hydrogens (primary N) is 2. The summed E-state index contributed by atoms with van der Waals surface area (Å²) in [5, 5.41) is 18.3. The van der Waals surface area contributed by atoms with Crippen LogP contribution in [0.25, 0.3) is 0 Å². The second-order valence-corrected chi connectivity index (χ2v) is 13.1. The third kappa shape index (κ3) is 10.8. The minimum atomic E-state index is -1.14. The number of aromatic nitrogens is 2. The Kier molecular flexibility index (Phi) is 13.1. The molecule has 0 fully saturated rings. The number of carbonyl (C=O) groups excluding carboxylic acids is 5. The number of fused-ring (bicyclic) bond motifs is 1. The van der Waals surface area contributed by atoms with Gasteiger partial charge in [-0.3, -0.25) is 29.4 Å². The molecule has 0 unspecified atom stereocenters. The molecule has 260 valence electrons. The van der Waals surface area contributed by atoms with Gasteiger partial charge in [-0.1, -0.05) is 36.4 Å². The number of imidazole rings is 1. The first kappa shape index (κ1) is 36.8. The molecule has 49 heavy (non-hydrogen) atoms. The summed E-state index contributed by atoms with van der Waals surface area (Å²) in [5.41, 5.74) is 14.4. The van der Waals surface area contributed by atoms with E-state index in [4.69, 9.17) is 16.9 Å². The molecule has 15 nitrogen and oxygen atoms in total. The zero-order valence-corrected chi connectivity index (χ0v) is 29.2. The second-order valence-electron chi connectivity index (χ2n) is 11.8. The van der Waals surface area contributed by atoms with E-state index in [1.54, 1.807) is 0 Å². The Balaban J connectivity index is 1.61. The van der Waals surface area contributed by atoms with E-state index in [2.05, 4.69) is 53.8 Å². The van der Waals surface area contributed by atoms with Crippen LogP contribution >= 0.6 is 22.6 Å². The van der Waals surface area contributed by atoms with Crippen molar-refractivity contribution >= 4 is 58.1 Å². The monoisotopic (exact) mass is 784 g/mol. The summed E-state index contributed by atoms with van der Waals surface area (Å²) in [5.74, 6) is -3.11. The van der Waals surface area contributed by atoms with Crippen LogP contribution in [0.15, 0.2) is 61.1 Å². The first-order chi connectivity index (χ1) is 23.4. The van der Waals surface area contributed by atoms with Crippen molar-refractivity contribution in [2.75, 3.05) is 6.54 Å². The van der Waals surface area contributed by atoms with Gasteiger partial charge in [-0.2, -0.15) is 0 Å². The van der Waals surface area contributed by atoms with E-state index in [1.165, 1.54) is 24.3 Å². The van der Waals surface area contributed by atoms with Crippen molar-refractivity contribution in [2.24, 2.45) is 11.5 Å². The number of H-pyrrole nitrogens is 1. The number of amides is 5. The van der Waals surface area contributed by atoms with Crippen LogP contribution in [-0.4, -0.2) is 81.1 Å². The van der Waals surface area contributed by atoms with Crippen molar-refractivity contribution in [3.63, 3.8) is 0 Å². The Hall–Kier alpha value is -5.00. The number of benzene rings is 2. The predicted octanol–water partition coefficient (Wildman–Crippen LogP) is -0.0241. The number of rotatable bonds is 15.